The van der Waals surface area contributed by atoms with Gasteiger partial charge in [0.1, 0.15) is 0 Å². The van der Waals surface area contributed by atoms with Gasteiger partial charge in [-0.05, 0) is 31.5 Å². The molecule has 3 N–H and O–H groups in total. The van der Waals surface area contributed by atoms with Crippen molar-refractivity contribution in [3.8, 4) is 0 Å². The van der Waals surface area contributed by atoms with E-state index in [-0.39, 0.29) is 5.91 Å². The summed E-state index contributed by atoms with van der Waals surface area (Å²) >= 11 is 0. The van der Waals surface area contributed by atoms with Crippen LogP contribution in [0.25, 0.3) is 0 Å². The van der Waals surface area contributed by atoms with Gasteiger partial charge in [0.05, 0.1) is 5.54 Å². The van der Waals surface area contributed by atoms with Gasteiger partial charge in [-0.1, -0.05) is 48.0 Å². The molecule has 0 heterocycles. The van der Waals surface area contributed by atoms with E-state index in [4.69, 9.17) is 5.73 Å². The lowest BCUT2D eigenvalue weighted by atomic mass is 9.91. The number of nitrogens with two attached hydrogens (primary N) is 1. The number of hydrogen-bond acceptors (Lipinski definition) is 2. The third-order valence-corrected chi connectivity index (χ3v) is 3.52. The van der Waals surface area contributed by atoms with Gasteiger partial charge >= 0.3 is 0 Å². The van der Waals surface area contributed by atoms with E-state index in [1.165, 1.54) is 0 Å². The number of carbonyl (C=O) groups excluding carboxylic acids is 1. The van der Waals surface area contributed by atoms with Gasteiger partial charge in [-0.25, -0.2) is 0 Å². The highest BCUT2D eigenvalue weighted by Crippen LogP contribution is 2.20. The van der Waals surface area contributed by atoms with Crippen LogP contribution in [-0.2, 0) is 5.54 Å². The number of carbonyl (C=O) groups is 1. The molecule has 2 aromatic rings. The molecule has 20 heavy (non-hydrogen) atoms. The van der Waals surface area contributed by atoms with Crippen molar-refractivity contribution >= 4 is 5.91 Å². The Morgan fingerprint density at radius 3 is 2.25 bits per heavy atom. The average molecular weight is 268 g/mol. The molecule has 0 radical (unpaired) electrons. The second-order valence-electron chi connectivity index (χ2n) is 5.22. The zero-order valence-electron chi connectivity index (χ0n) is 11.9. The summed E-state index contributed by atoms with van der Waals surface area (Å²) in [6.07, 6.45) is 0. The predicted octanol–water partition coefficient (Wildman–Crippen LogP) is 2.60. The highest BCUT2D eigenvalue weighted by atomic mass is 16.1. The Morgan fingerprint density at radius 1 is 1.10 bits per heavy atom. The largest absolute Gasteiger partial charge is 0.342 e. The maximum Gasteiger partial charge on any atom is 0.252 e. The molecule has 1 atom stereocenters. The Hall–Kier alpha value is -2.13. The summed E-state index contributed by atoms with van der Waals surface area (Å²) in [5, 5.41) is 3.03. The monoisotopic (exact) mass is 268 g/mol. The standard InChI is InChI=1S/C17H20N2O/c1-13-8-10-14(11-9-13)16(20)19-17(2,12-18)15-6-4-3-5-7-15/h3-11H,12,18H2,1-2H3,(H,19,20). The van der Waals surface area contributed by atoms with Gasteiger partial charge in [-0.3, -0.25) is 4.79 Å². The number of nitrogens with one attached hydrogen (secondary N) is 1. The Bertz CT molecular complexity index is 578. The van der Waals surface area contributed by atoms with E-state index in [9.17, 15) is 4.79 Å². The van der Waals surface area contributed by atoms with Crippen LogP contribution in [0.4, 0.5) is 0 Å². The fourth-order valence-corrected chi connectivity index (χ4v) is 2.07. The van der Waals surface area contributed by atoms with E-state index < -0.39 is 5.54 Å². The maximum atomic E-state index is 12.3. The molecule has 104 valence electrons. The first kappa shape index (κ1) is 14.3. The number of rotatable bonds is 4. The Kier molecular flexibility index (Phi) is 4.20. The number of aryl methyl sites for hydroxylation is 1. The van der Waals surface area contributed by atoms with E-state index in [1.807, 2.05) is 68.4 Å². The average Bonchev–Trinajstić information content (AvgIpc) is 2.48. The van der Waals surface area contributed by atoms with Crippen molar-refractivity contribution < 1.29 is 4.79 Å². The Labute approximate surface area is 119 Å². The van der Waals surface area contributed by atoms with Gasteiger partial charge in [-0.2, -0.15) is 0 Å². The van der Waals surface area contributed by atoms with Crippen LogP contribution in [0.5, 0.6) is 0 Å². The van der Waals surface area contributed by atoms with Crippen LogP contribution in [0.3, 0.4) is 0 Å². The second kappa shape index (κ2) is 5.88. The summed E-state index contributed by atoms with van der Waals surface area (Å²) in [6.45, 7) is 4.28. The van der Waals surface area contributed by atoms with Gasteiger partial charge < -0.3 is 11.1 Å². The SMILES string of the molecule is Cc1ccc(C(=O)NC(C)(CN)c2ccccc2)cc1. The molecule has 1 unspecified atom stereocenters. The van der Waals surface area contributed by atoms with Crippen LogP contribution in [0.1, 0.15) is 28.4 Å². The van der Waals surface area contributed by atoms with Crippen LogP contribution >= 0.6 is 0 Å². The van der Waals surface area contributed by atoms with Gasteiger partial charge in [-0.15, -0.1) is 0 Å². The fraction of sp³-hybridized carbons (Fsp3) is 0.235. The molecule has 0 spiro atoms. The van der Waals surface area contributed by atoms with Crippen molar-refractivity contribution in [2.24, 2.45) is 5.73 Å². The summed E-state index contributed by atoms with van der Waals surface area (Å²) in [5.41, 5.74) is 8.09. The van der Waals surface area contributed by atoms with Crippen LogP contribution in [0.15, 0.2) is 54.6 Å². The molecule has 0 aliphatic heterocycles. The first-order chi connectivity index (χ1) is 9.55. The number of benzene rings is 2. The molecule has 2 rings (SSSR count). The normalized spacial score (nSPS) is 13.6. The molecular weight excluding hydrogens is 248 g/mol. The smallest absolute Gasteiger partial charge is 0.252 e. The lowest BCUT2D eigenvalue weighted by molar-refractivity contribution is 0.0907. The highest BCUT2D eigenvalue weighted by Gasteiger charge is 2.27. The van der Waals surface area contributed by atoms with Crippen LogP contribution in [-0.4, -0.2) is 12.5 Å². The first-order valence-electron chi connectivity index (χ1n) is 6.70. The van der Waals surface area contributed by atoms with Crippen molar-refractivity contribution in [1.82, 2.24) is 5.32 Å². The molecule has 0 bridgehead atoms. The molecule has 0 saturated heterocycles. The molecule has 0 fully saturated rings. The lowest BCUT2D eigenvalue weighted by Crippen LogP contribution is -2.48. The third-order valence-electron chi connectivity index (χ3n) is 3.52. The molecule has 0 aliphatic rings. The van der Waals surface area contributed by atoms with Crippen LogP contribution in [0.2, 0.25) is 0 Å². The van der Waals surface area contributed by atoms with Gasteiger partial charge in [0.2, 0.25) is 0 Å². The quantitative estimate of drug-likeness (QED) is 0.895. The molecule has 0 saturated carbocycles. The lowest BCUT2D eigenvalue weighted by Gasteiger charge is -2.30. The predicted molar refractivity (Wildman–Crippen MR) is 81.5 cm³/mol. The minimum absolute atomic E-state index is 0.109. The van der Waals surface area contributed by atoms with Gasteiger partial charge in [0, 0.05) is 12.1 Å². The minimum atomic E-state index is -0.566. The van der Waals surface area contributed by atoms with Crippen molar-refractivity contribution in [3.63, 3.8) is 0 Å². The van der Waals surface area contributed by atoms with Crippen molar-refractivity contribution in [2.45, 2.75) is 19.4 Å². The Morgan fingerprint density at radius 2 is 1.70 bits per heavy atom. The second-order valence-corrected chi connectivity index (χ2v) is 5.22. The summed E-state index contributed by atoms with van der Waals surface area (Å²) in [5.74, 6) is -0.109. The van der Waals surface area contributed by atoms with Crippen LogP contribution in [0, 0.1) is 6.92 Å². The van der Waals surface area contributed by atoms with Crippen LogP contribution < -0.4 is 11.1 Å². The molecule has 2 aromatic carbocycles. The zero-order valence-corrected chi connectivity index (χ0v) is 11.9. The molecule has 3 heteroatoms. The maximum absolute atomic E-state index is 12.3. The van der Waals surface area contributed by atoms with E-state index >= 15 is 0 Å². The molecule has 3 nitrogen and oxygen atoms in total. The summed E-state index contributed by atoms with van der Waals surface area (Å²) in [4.78, 5) is 12.3. The summed E-state index contributed by atoms with van der Waals surface area (Å²) in [6, 6.07) is 17.3. The van der Waals surface area contributed by atoms with Gasteiger partial charge in [0.25, 0.3) is 5.91 Å². The fourth-order valence-electron chi connectivity index (χ4n) is 2.07. The van der Waals surface area contributed by atoms with E-state index in [0.717, 1.165) is 11.1 Å². The van der Waals surface area contributed by atoms with Gasteiger partial charge in [0.15, 0.2) is 0 Å². The minimum Gasteiger partial charge on any atom is -0.342 e. The molecule has 0 aromatic heterocycles. The Balaban J connectivity index is 2.22. The first-order valence-corrected chi connectivity index (χ1v) is 6.70. The third kappa shape index (κ3) is 3.06. The molecule has 0 aliphatic carbocycles. The molecular formula is C17H20N2O. The topological polar surface area (TPSA) is 55.1 Å². The van der Waals surface area contributed by atoms with Crippen molar-refractivity contribution in [3.05, 3.63) is 71.3 Å². The number of hydrogen-bond donors (Lipinski definition) is 2. The highest BCUT2D eigenvalue weighted by molar-refractivity contribution is 5.94. The number of amides is 1. The summed E-state index contributed by atoms with van der Waals surface area (Å²) < 4.78 is 0. The van der Waals surface area contributed by atoms with Crippen molar-refractivity contribution in [2.75, 3.05) is 6.54 Å². The molecule has 1 amide bonds. The zero-order chi connectivity index (χ0) is 14.6. The van der Waals surface area contributed by atoms with E-state index in [2.05, 4.69) is 5.32 Å². The summed E-state index contributed by atoms with van der Waals surface area (Å²) in [7, 11) is 0. The van der Waals surface area contributed by atoms with E-state index in [1.54, 1.807) is 0 Å². The van der Waals surface area contributed by atoms with E-state index in [0.29, 0.717) is 12.1 Å². The van der Waals surface area contributed by atoms with Crippen molar-refractivity contribution in [1.29, 1.82) is 0 Å².